The number of hydrogen-bond acceptors (Lipinski definition) is 5. The minimum atomic E-state index is -0.932. The molecule has 0 unspecified atom stereocenters. The molecule has 148 valence electrons. The molecule has 0 heterocycles. The Balaban J connectivity index is 1.75. The summed E-state index contributed by atoms with van der Waals surface area (Å²) in [6.45, 7) is 1.31. The van der Waals surface area contributed by atoms with Crippen LogP contribution in [0.5, 0.6) is 5.75 Å². The predicted molar refractivity (Wildman–Crippen MR) is 104 cm³/mol. The van der Waals surface area contributed by atoms with Crippen LogP contribution in [-0.2, 0) is 20.9 Å². The highest BCUT2D eigenvalue weighted by molar-refractivity contribution is 6.33. The van der Waals surface area contributed by atoms with Crippen LogP contribution in [-0.4, -0.2) is 37.5 Å². The quantitative estimate of drug-likeness (QED) is 0.658. The number of nitrogens with one attached hydrogen (secondary N) is 2. The molecule has 28 heavy (non-hydrogen) atoms. The van der Waals surface area contributed by atoms with E-state index >= 15 is 0 Å². The Labute approximate surface area is 168 Å². The average Bonchev–Trinajstić information content (AvgIpc) is 2.70. The molecule has 1 atom stereocenters. The van der Waals surface area contributed by atoms with Gasteiger partial charge in [0.1, 0.15) is 11.8 Å². The van der Waals surface area contributed by atoms with Crippen LogP contribution in [0.2, 0.25) is 5.02 Å². The summed E-state index contributed by atoms with van der Waals surface area (Å²) in [4.78, 5) is 35.9. The summed E-state index contributed by atoms with van der Waals surface area (Å²) >= 11 is 5.95. The first-order valence-electron chi connectivity index (χ1n) is 8.52. The monoisotopic (exact) mass is 404 g/mol. The Morgan fingerprint density at radius 2 is 1.75 bits per heavy atom. The fourth-order valence-electron chi connectivity index (χ4n) is 2.24. The van der Waals surface area contributed by atoms with Gasteiger partial charge in [0, 0.05) is 6.54 Å². The second kappa shape index (κ2) is 10.3. The first-order valence-corrected chi connectivity index (χ1v) is 8.90. The van der Waals surface area contributed by atoms with Gasteiger partial charge in [-0.05, 0) is 36.8 Å². The largest absolute Gasteiger partial charge is 0.497 e. The van der Waals surface area contributed by atoms with Gasteiger partial charge in [0.15, 0.2) is 6.61 Å². The summed E-state index contributed by atoms with van der Waals surface area (Å²) in [7, 11) is 1.57. The van der Waals surface area contributed by atoms with Gasteiger partial charge in [-0.2, -0.15) is 0 Å². The zero-order chi connectivity index (χ0) is 20.5. The minimum Gasteiger partial charge on any atom is -0.497 e. The van der Waals surface area contributed by atoms with Crippen molar-refractivity contribution in [3.8, 4) is 5.75 Å². The van der Waals surface area contributed by atoms with Crippen LogP contribution in [0.1, 0.15) is 22.8 Å². The predicted octanol–water partition coefficient (Wildman–Crippen LogP) is 2.33. The number of rotatable bonds is 8. The molecule has 8 heteroatoms. The average molecular weight is 405 g/mol. The second-order valence-corrected chi connectivity index (χ2v) is 6.31. The van der Waals surface area contributed by atoms with Crippen LogP contribution in [0.3, 0.4) is 0 Å². The van der Waals surface area contributed by atoms with Crippen LogP contribution in [0.25, 0.3) is 0 Å². The van der Waals surface area contributed by atoms with Gasteiger partial charge in [-0.3, -0.25) is 9.59 Å². The molecule has 7 nitrogen and oxygen atoms in total. The minimum absolute atomic E-state index is 0.251. The van der Waals surface area contributed by atoms with Crippen LogP contribution >= 0.6 is 11.6 Å². The molecule has 2 rings (SSSR count). The number of carbonyl (C=O) groups is 3. The fourth-order valence-corrected chi connectivity index (χ4v) is 2.46. The van der Waals surface area contributed by atoms with E-state index in [2.05, 4.69) is 10.6 Å². The molecule has 2 N–H and O–H groups in total. The molecule has 0 aromatic heterocycles. The lowest BCUT2D eigenvalue weighted by Gasteiger charge is -2.14. The number of amides is 2. The van der Waals surface area contributed by atoms with Crippen molar-refractivity contribution in [3.63, 3.8) is 0 Å². The Kier molecular flexibility index (Phi) is 7.83. The maximum Gasteiger partial charge on any atom is 0.328 e. The molecule has 0 spiro atoms. The maximum absolute atomic E-state index is 12.1. The molecule has 0 radical (unpaired) electrons. The van der Waals surface area contributed by atoms with Crippen molar-refractivity contribution in [1.82, 2.24) is 10.6 Å². The van der Waals surface area contributed by atoms with Gasteiger partial charge in [0.25, 0.3) is 11.8 Å². The summed E-state index contributed by atoms with van der Waals surface area (Å²) in [5, 5.41) is 5.41. The summed E-state index contributed by atoms with van der Waals surface area (Å²) in [5.41, 5.74) is 1.13. The number of esters is 1. The second-order valence-electron chi connectivity index (χ2n) is 5.91. The topological polar surface area (TPSA) is 93.7 Å². The molecular formula is C20H21ClN2O5. The maximum atomic E-state index is 12.1. The van der Waals surface area contributed by atoms with Gasteiger partial charge in [0.05, 0.1) is 17.7 Å². The van der Waals surface area contributed by atoms with E-state index in [0.717, 1.165) is 11.3 Å². The van der Waals surface area contributed by atoms with Gasteiger partial charge in [0.2, 0.25) is 0 Å². The molecule has 2 aromatic rings. The molecular weight excluding hydrogens is 384 g/mol. The molecule has 0 aliphatic heterocycles. The van der Waals surface area contributed by atoms with Crippen molar-refractivity contribution in [3.05, 3.63) is 64.7 Å². The summed E-state index contributed by atoms with van der Waals surface area (Å²) in [6.07, 6.45) is 0. The normalized spacial score (nSPS) is 11.2. The molecule has 0 aliphatic rings. The van der Waals surface area contributed by atoms with Crippen LogP contribution < -0.4 is 15.4 Å². The van der Waals surface area contributed by atoms with Crippen molar-refractivity contribution in [2.24, 2.45) is 0 Å². The molecule has 2 amide bonds. The van der Waals surface area contributed by atoms with Crippen LogP contribution in [0, 0.1) is 0 Å². The smallest absolute Gasteiger partial charge is 0.328 e. The highest BCUT2D eigenvalue weighted by atomic mass is 35.5. The third-order valence-electron chi connectivity index (χ3n) is 3.81. The molecule has 0 aliphatic carbocycles. The third kappa shape index (κ3) is 6.28. The van der Waals surface area contributed by atoms with Gasteiger partial charge < -0.3 is 20.1 Å². The van der Waals surface area contributed by atoms with E-state index in [1.54, 1.807) is 43.5 Å². The zero-order valence-electron chi connectivity index (χ0n) is 15.5. The molecule has 2 aromatic carbocycles. The number of benzene rings is 2. The lowest BCUT2D eigenvalue weighted by atomic mass is 10.2. The van der Waals surface area contributed by atoms with Crippen molar-refractivity contribution in [2.45, 2.75) is 19.5 Å². The summed E-state index contributed by atoms with van der Waals surface area (Å²) < 4.78 is 10.0. The Morgan fingerprint density at radius 1 is 1.07 bits per heavy atom. The zero-order valence-corrected chi connectivity index (χ0v) is 16.3. The molecule has 0 saturated carbocycles. The number of hydrogen-bond donors (Lipinski definition) is 2. The van der Waals surface area contributed by atoms with E-state index in [1.807, 2.05) is 12.1 Å². The first-order chi connectivity index (χ1) is 13.4. The lowest BCUT2D eigenvalue weighted by molar-refractivity contribution is -0.150. The van der Waals surface area contributed by atoms with Crippen molar-refractivity contribution in [1.29, 1.82) is 0 Å². The van der Waals surface area contributed by atoms with Gasteiger partial charge in [-0.1, -0.05) is 35.9 Å². The number of ether oxygens (including phenoxy) is 2. The van der Waals surface area contributed by atoms with E-state index in [4.69, 9.17) is 21.1 Å². The van der Waals surface area contributed by atoms with Crippen LogP contribution in [0.4, 0.5) is 0 Å². The van der Waals surface area contributed by atoms with Gasteiger partial charge >= 0.3 is 5.97 Å². The Hall–Kier alpha value is -3.06. The lowest BCUT2D eigenvalue weighted by Crippen LogP contribution is -2.41. The standard InChI is InChI=1S/C20H21ClN2O5/c1-13(23-19(25)16-5-3-4-6-17(16)21)20(26)28-12-18(24)22-11-14-7-9-15(27-2)10-8-14/h3-10,13H,11-12H2,1-2H3,(H,22,24)(H,23,25)/t13-/m0/s1. The van der Waals surface area contributed by atoms with E-state index < -0.39 is 30.4 Å². The van der Waals surface area contributed by atoms with E-state index in [9.17, 15) is 14.4 Å². The van der Waals surface area contributed by atoms with Crippen molar-refractivity contribution < 1.29 is 23.9 Å². The molecule has 0 fully saturated rings. The first kappa shape index (κ1) is 21.2. The fraction of sp³-hybridized carbons (Fsp3) is 0.250. The van der Waals surface area contributed by atoms with Crippen LogP contribution in [0.15, 0.2) is 48.5 Å². The van der Waals surface area contributed by atoms with Gasteiger partial charge in [-0.15, -0.1) is 0 Å². The van der Waals surface area contributed by atoms with E-state index in [1.165, 1.54) is 6.92 Å². The van der Waals surface area contributed by atoms with Crippen molar-refractivity contribution >= 4 is 29.4 Å². The van der Waals surface area contributed by atoms with E-state index in [0.29, 0.717) is 6.54 Å². The summed E-state index contributed by atoms with van der Waals surface area (Å²) in [5.74, 6) is -0.954. The summed E-state index contributed by atoms with van der Waals surface area (Å²) in [6, 6.07) is 12.7. The number of carbonyl (C=O) groups excluding carboxylic acids is 3. The number of methoxy groups -OCH3 is 1. The highest BCUT2D eigenvalue weighted by Gasteiger charge is 2.20. The third-order valence-corrected chi connectivity index (χ3v) is 4.14. The van der Waals surface area contributed by atoms with Crippen molar-refractivity contribution in [2.75, 3.05) is 13.7 Å². The molecule has 0 bridgehead atoms. The van der Waals surface area contributed by atoms with E-state index in [-0.39, 0.29) is 10.6 Å². The Morgan fingerprint density at radius 3 is 2.39 bits per heavy atom. The Bertz CT molecular complexity index is 839. The SMILES string of the molecule is COc1ccc(CNC(=O)COC(=O)[C@H](C)NC(=O)c2ccccc2Cl)cc1. The number of halogens is 1. The molecule has 0 saturated heterocycles. The highest BCUT2D eigenvalue weighted by Crippen LogP contribution is 2.14. The van der Waals surface area contributed by atoms with Gasteiger partial charge in [-0.25, -0.2) is 4.79 Å².